The molecule has 2 heterocycles. The van der Waals surface area contributed by atoms with Crippen LogP contribution < -0.4 is 10.5 Å². The van der Waals surface area contributed by atoms with Crippen LogP contribution in [0.15, 0.2) is 41.2 Å². The lowest BCUT2D eigenvalue weighted by Crippen LogP contribution is -2.51. The molecule has 27 heavy (non-hydrogen) atoms. The van der Waals surface area contributed by atoms with Gasteiger partial charge in [-0.25, -0.2) is 4.68 Å². The van der Waals surface area contributed by atoms with Gasteiger partial charge in [0.2, 0.25) is 5.91 Å². The summed E-state index contributed by atoms with van der Waals surface area (Å²) in [6, 6.07) is 10.5. The van der Waals surface area contributed by atoms with Gasteiger partial charge in [-0.3, -0.25) is 9.59 Å². The number of nitrogens with zero attached hydrogens (tertiary/aromatic N) is 4. The van der Waals surface area contributed by atoms with Crippen molar-refractivity contribution in [3.8, 4) is 0 Å². The van der Waals surface area contributed by atoms with E-state index < -0.39 is 6.04 Å². The lowest BCUT2D eigenvalue weighted by molar-refractivity contribution is -0.135. The molecule has 4 rings (SSSR count). The summed E-state index contributed by atoms with van der Waals surface area (Å²) in [4.78, 5) is 29.2. The highest BCUT2D eigenvalue weighted by Crippen LogP contribution is 2.38. The van der Waals surface area contributed by atoms with Crippen LogP contribution in [0.3, 0.4) is 0 Å². The molecule has 6 nitrogen and oxygen atoms in total. The zero-order valence-corrected chi connectivity index (χ0v) is 16.1. The van der Waals surface area contributed by atoms with E-state index in [0.717, 1.165) is 37.3 Å². The molecule has 1 saturated heterocycles. The van der Waals surface area contributed by atoms with Gasteiger partial charge in [0, 0.05) is 48.9 Å². The molecule has 0 bridgehead atoms. The number of aromatic nitrogens is 2. The molecule has 7 heteroatoms. The van der Waals surface area contributed by atoms with Crippen LogP contribution in [0.4, 0.5) is 5.69 Å². The van der Waals surface area contributed by atoms with Crippen LogP contribution in [0.1, 0.15) is 37.4 Å². The first-order chi connectivity index (χ1) is 13.0. The highest BCUT2D eigenvalue weighted by Gasteiger charge is 2.29. The maximum Gasteiger partial charge on any atom is 0.267 e. The first-order valence-corrected chi connectivity index (χ1v) is 9.80. The lowest BCUT2D eigenvalue weighted by Gasteiger charge is -2.37. The second-order valence-electron chi connectivity index (χ2n) is 7.28. The van der Waals surface area contributed by atoms with Gasteiger partial charge in [0.1, 0.15) is 6.04 Å². The van der Waals surface area contributed by atoms with Gasteiger partial charge >= 0.3 is 0 Å². The van der Waals surface area contributed by atoms with E-state index in [1.165, 1.54) is 10.7 Å². The molecule has 1 aliphatic heterocycles. The predicted molar refractivity (Wildman–Crippen MR) is 105 cm³/mol. The summed E-state index contributed by atoms with van der Waals surface area (Å²) in [6.07, 6.45) is 2.22. The maximum atomic E-state index is 12.9. The third kappa shape index (κ3) is 3.86. The number of anilines is 1. The van der Waals surface area contributed by atoms with Crippen LogP contribution in [-0.4, -0.2) is 46.8 Å². The molecule has 142 valence electrons. The fourth-order valence-electron chi connectivity index (χ4n) is 3.52. The third-order valence-corrected chi connectivity index (χ3v) is 5.60. The van der Waals surface area contributed by atoms with Crippen molar-refractivity contribution in [3.63, 3.8) is 0 Å². The van der Waals surface area contributed by atoms with Gasteiger partial charge in [-0.2, -0.15) is 5.10 Å². The number of halogens is 1. The predicted octanol–water partition coefficient (Wildman–Crippen LogP) is 2.68. The van der Waals surface area contributed by atoms with Gasteiger partial charge in [-0.15, -0.1) is 0 Å². The first kappa shape index (κ1) is 18.0. The Hall–Kier alpha value is -2.34. The lowest BCUT2D eigenvalue weighted by atomic mass is 10.2. The minimum atomic E-state index is -0.585. The molecule has 2 aliphatic rings. The fourth-order valence-corrected chi connectivity index (χ4v) is 3.65. The molecule has 1 atom stereocenters. The van der Waals surface area contributed by atoms with Gasteiger partial charge in [0.25, 0.3) is 5.56 Å². The molecule has 0 spiro atoms. The minimum absolute atomic E-state index is 0.0479. The molecule has 1 aromatic heterocycles. The van der Waals surface area contributed by atoms with Crippen LogP contribution in [0.2, 0.25) is 5.02 Å². The van der Waals surface area contributed by atoms with Crippen molar-refractivity contribution in [2.24, 2.45) is 0 Å². The molecule has 1 saturated carbocycles. The Morgan fingerprint density at radius 1 is 1.07 bits per heavy atom. The number of rotatable bonds is 4. The van der Waals surface area contributed by atoms with E-state index >= 15 is 0 Å². The zero-order valence-electron chi connectivity index (χ0n) is 15.3. The third-order valence-electron chi connectivity index (χ3n) is 5.35. The van der Waals surface area contributed by atoms with Gasteiger partial charge in [0.15, 0.2) is 0 Å². The quantitative estimate of drug-likeness (QED) is 0.810. The van der Waals surface area contributed by atoms with E-state index in [-0.39, 0.29) is 11.5 Å². The molecular formula is C20H23ClN4O2. The van der Waals surface area contributed by atoms with Crippen LogP contribution in [0, 0.1) is 0 Å². The Labute approximate surface area is 163 Å². The second kappa shape index (κ2) is 7.35. The molecule has 0 N–H and O–H groups in total. The topological polar surface area (TPSA) is 58.4 Å². The SMILES string of the molecule is CC(C(=O)N1CCN(c2ccc(Cl)cc2)CC1)n1nc(C2CC2)ccc1=O. The molecule has 0 radical (unpaired) electrons. The number of benzene rings is 1. The van der Waals surface area contributed by atoms with E-state index in [9.17, 15) is 9.59 Å². The summed E-state index contributed by atoms with van der Waals surface area (Å²) in [5.41, 5.74) is 1.80. The van der Waals surface area contributed by atoms with Gasteiger partial charge in [-0.05, 0) is 50.1 Å². The van der Waals surface area contributed by atoms with Crippen LogP contribution >= 0.6 is 11.6 Å². The highest BCUT2D eigenvalue weighted by molar-refractivity contribution is 6.30. The van der Waals surface area contributed by atoms with E-state index in [2.05, 4.69) is 10.00 Å². The van der Waals surface area contributed by atoms with E-state index in [1.54, 1.807) is 13.0 Å². The van der Waals surface area contributed by atoms with Gasteiger partial charge in [-0.1, -0.05) is 11.6 Å². The molecule has 2 fully saturated rings. The molecule has 1 aromatic carbocycles. The molecule has 1 aliphatic carbocycles. The van der Waals surface area contributed by atoms with Crippen molar-refractivity contribution in [3.05, 3.63) is 57.5 Å². The summed E-state index contributed by atoms with van der Waals surface area (Å²) in [6.45, 7) is 4.53. The van der Waals surface area contributed by atoms with E-state index in [0.29, 0.717) is 24.0 Å². The van der Waals surface area contributed by atoms with Crippen molar-refractivity contribution < 1.29 is 4.79 Å². The first-order valence-electron chi connectivity index (χ1n) is 9.42. The summed E-state index contributed by atoms with van der Waals surface area (Å²) in [7, 11) is 0. The number of carbonyl (C=O) groups is 1. The second-order valence-corrected chi connectivity index (χ2v) is 7.72. The largest absolute Gasteiger partial charge is 0.368 e. The zero-order chi connectivity index (χ0) is 19.0. The summed E-state index contributed by atoms with van der Waals surface area (Å²) >= 11 is 5.95. The average Bonchev–Trinajstić information content (AvgIpc) is 3.53. The fraction of sp³-hybridized carbons (Fsp3) is 0.450. The smallest absolute Gasteiger partial charge is 0.267 e. The molecular weight excluding hydrogens is 364 g/mol. The standard InChI is InChI=1S/C20H23ClN4O2/c1-14(25-19(26)9-8-18(22-25)15-2-3-15)20(27)24-12-10-23(11-13-24)17-6-4-16(21)5-7-17/h4-9,14-15H,2-3,10-13H2,1H3. The number of amides is 1. The van der Waals surface area contributed by atoms with Crippen molar-refractivity contribution in [2.75, 3.05) is 31.1 Å². The normalized spacial score (nSPS) is 18.4. The van der Waals surface area contributed by atoms with E-state index in [4.69, 9.17) is 11.6 Å². The molecule has 1 amide bonds. The van der Waals surface area contributed by atoms with Crippen LogP contribution in [0.25, 0.3) is 0 Å². The number of carbonyl (C=O) groups excluding carboxylic acids is 1. The Morgan fingerprint density at radius 3 is 2.37 bits per heavy atom. The van der Waals surface area contributed by atoms with Crippen molar-refractivity contribution in [1.82, 2.24) is 14.7 Å². The number of piperazine rings is 1. The van der Waals surface area contributed by atoms with E-state index in [1.807, 2.05) is 29.2 Å². The van der Waals surface area contributed by atoms with Crippen LogP contribution in [-0.2, 0) is 4.79 Å². The number of hydrogen-bond donors (Lipinski definition) is 0. The van der Waals surface area contributed by atoms with Crippen LogP contribution in [0.5, 0.6) is 0 Å². The highest BCUT2D eigenvalue weighted by atomic mass is 35.5. The van der Waals surface area contributed by atoms with Crippen molar-refractivity contribution >= 4 is 23.2 Å². The Bertz CT molecular complexity index is 884. The summed E-state index contributed by atoms with van der Waals surface area (Å²) in [5, 5.41) is 5.17. The maximum absolute atomic E-state index is 12.9. The monoisotopic (exact) mass is 386 g/mol. The van der Waals surface area contributed by atoms with Crippen molar-refractivity contribution in [1.29, 1.82) is 0 Å². The Morgan fingerprint density at radius 2 is 1.74 bits per heavy atom. The number of hydrogen-bond acceptors (Lipinski definition) is 4. The molecule has 1 unspecified atom stereocenters. The Balaban J connectivity index is 1.42. The Kier molecular flexibility index (Phi) is 4.91. The minimum Gasteiger partial charge on any atom is -0.368 e. The van der Waals surface area contributed by atoms with Gasteiger partial charge < -0.3 is 9.80 Å². The average molecular weight is 387 g/mol. The summed E-state index contributed by atoms with van der Waals surface area (Å²) in [5.74, 6) is 0.398. The summed E-state index contributed by atoms with van der Waals surface area (Å²) < 4.78 is 1.35. The van der Waals surface area contributed by atoms with Gasteiger partial charge in [0.05, 0.1) is 5.69 Å². The molecule has 2 aromatic rings. The van der Waals surface area contributed by atoms with Crippen molar-refractivity contribution in [2.45, 2.75) is 31.7 Å².